The fourth-order valence-corrected chi connectivity index (χ4v) is 1.98. The van der Waals surface area contributed by atoms with E-state index in [4.69, 9.17) is 4.74 Å². The Morgan fingerprint density at radius 1 is 1.43 bits per heavy atom. The number of hydrogen-bond acceptors (Lipinski definition) is 3. The molecule has 1 amide bonds. The zero-order chi connectivity index (χ0) is 15.4. The number of methoxy groups -OCH3 is 1. The number of carbonyl (C=O) groups is 1. The third-order valence-corrected chi connectivity index (χ3v) is 2.97. The zero-order valence-corrected chi connectivity index (χ0v) is 11.6. The molecule has 0 unspecified atom stereocenters. The Balaban J connectivity index is 2.38. The van der Waals surface area contributed by atoms with Crippen molar-refractivity contribution in [3.05, 3.63) is 53.6 Å². The molecule has 5 nitrogen and oxygen atoms in total. The zero-order valence-electron chi connectivity index (χ0n) is 11.6. The molecule has 21 heavy (non-hydrogen) atoms. The van der Waals surface area contributed by atoms with E-state index >= 15 is 0 Å². The SMILES string of the molecule is COCC(=O)N[C@@H](c1ccc(F)c(F)c1)c1nccn1C. The smallest absolute Gasteiger partial charge is 0.246 e. The number of halogens is 2. The molecule has 0 fully saturated rings. The predicted molar refractivity (Wildman–Crippen MR) is 71.4 cm³/mol. The van der Waals surface area contributed by atoms with E-state index in [9.17, 15) is 13.6 Å². The van der Waals surface area contributed by atoms with Gasteiger partial charge in [-0.15, -0.1) is 0 Å². The lowest BCUT2D eigenvalue weighted by molar-refractivity contribution is -0.125. The quantitative estimate of drug-likeness (QED) is 0.910. The molecule has 0 aliphatic heterocycles. The maximum Gasteiger partial charge on any atom is 0.246 e. The molecule has 0 radical (unpaired) electrons. The number of aromatic nitrogens is 2. The van der Waals surface area contributed by atoms with Crippen LogP contribution in [0.15, 0.2) is 30.6 Å². The first kappa shape index (κ1) is 15.1. The van der Waals surface area contributed by atoms with Crippen LogP contribution in [0.5, 0.6) is 0 Å². The van der Waals surface area contributed by atoms with Crippen molar-refractivity contribution in [3.8, 4) is 0 Å². The molecule has 0 aliphatic rings. The lowest BCUT2D eigenvalue weighted by atomic mass is 10.1. The first-order valence-electron chi connectivity index (χ1n) is 6.23. The maximum atomic E-state index is 13.4. The molecule has 0 aliphatic carbocycles. The summed E-state index contributed by atoms with van der Waals surface area (Å²) < 4.78 is 32.9. The molecular formula is C14H15F2N3O2. The van der Waals surface area contributed by atoms with Gasteiger partial charge in [0.05, 0.1) is 0 Å². The molecule has 1 N–H and O–H groups in total. The van der Waals surface area contributed by atoms with Crippen molar-refractivity contribution in [1.82, 2.24) is 14.9 Å². The van der Waals surface area contributed by atoms with E-state index in [1.807, 2.05) is 0 Å². The summed E-state index contributed by atoms with van der Waals surface area (Å²) in [6.45, 7) is -0.134. The average molecular weight is 295 g/mol. The Labute approximate surface area is 120 Å². The first-order valence-corrected chi connectivity index (χ1v) is 6.23. The molecule has 1 heterocycles. The molecule has 1 atom stereocenters. The largest absolute Gasteiger partial charge is 0.375 e. The molecule has 112 valence electrons. The Morgan fingerprint density at radius 2 is 2.19 bits per heavy atom. The van der Waals surface area contributed by atoms with Gasteiger partial charge in [-0.2, -0.15) is 0 Å². The molecule has 0 saturated heterocycles. The van der Waals surface area contributed by atoms with Crippen LogP contribution in [-0.4, -0.2) is 29.2 Å². The number of nitrogens with one attached hydrogen (secondary N) is 1. The molecule has 1 aromatic heterocycles. The summed E-state index contributed by atoms with van der Waals surface area (Å²) in [5.74, 6) is -1.80. The van der Waals surface area contributed by atoms with Crippen molar-refractivity contribution in [3.63, 3.8) is 0 Å². The van der Waals surface area contributed by atoms with Crippen LogP contribution in [0, 0.1) is 11.6 Å². The van der Waals surface area contributed by atoms with E-state index in [2.05, 4.69) is 10.3 Å². The highest BCUT2D eigenvalue weighted by Crippen LogP contribution is 2.22. The number of ether oxygens (including phenoxy) is 1. The first-order chi connectivity index (χ1) is 10.0. The van der Waals surface area contributed by atoms with Crippen LogP contribution in [-0.2, 0) is 16.6 Å². The second-order valence-electron chi connectivity index (χ2n) is 4.50. The van der Waals surface area contributed by atoms with Crippen molar-refractivity contribution >= 4 is 5.91 Å². The van der Waals surface area contributed by atoms with Crippen LogP contribution in [0.3, 0.4) is 0 Å². The van der Waals surface area contributed by atoms with Crippen molar-refractivity contribution in [2.75, 3.05) is 13.7 Å². The number of nitrogens with zero attached hydrogens (tertiary/aromatic N) is 2. The highest BCUT2D eigenvalue weighted by Gasteiger charge is 2.21. The third-order valence-electron chi connectivity index (χ3n) is 2.97. The van der Waals surface area contributed by atoms with E-state index in [1.165, 1.54) is 13.2 Å². The highest BCUT2D eigenvalue weighted by molar-refractivity contribution is 5.78. The average Bonchev–Trinajstić information content (AvgIpc) is 2.86. The number of aryl methyl sites for hydroxylation is 1. The number of benzene rings is 1. The van der Waals surface area contributed by atoms with Gasteiger partial charge >= 0.3 is 0 Å². The maximum absolute atomic E-state index is 13.4. The van der Waals surface area contributed by atoms with Crippen LogP contribution >= 0.6 is 0 Å². The lowest BCUT2D eigenvalue weighted by Gasteiger charge is -2.19. The van der Waals surface area contributed by atoms with Crippen LogP contribution < -0.4 is 5.32 Å². The van der Waals surface area contributed by atoms with E-state index in [-0.39, 0.29) is 12.5 Å². The standard InChI is InChI=1S/C14H15F2N3O2/c1-19-6-5-17-14(19)13(18-12(20)8-21-2)9-3-4-10(15)11(16)7-9/h3-7,13H,8H2,1-2H3,(H,18,20)/t13-/m0/s1. The van der Waals surface area contributed by atoms with Gasteiger partial charge in [0.15, 0.2) is 11.6 Å². The Bertz CT molecular complexity index is 643. The second-order valence-corrected chi connectivity index (χ2v) is 4.50. The van der Waals surface area contributed by atoms with Crippen LogP contribution in [0.2, 0.25) is 0 Å². The van der Waals surface area contributed by atoms with E-state index in [1.54, 1.807) is 24.0 Å². The number of hydrogen-bond donors (Lipinski definition) is 1. The van der Waals surface area contributed by atoms with Gasteiger partial charge in [-0.05, 0) is 17.7 Å². The summed E-state index contributed by atoms with van der Waals surface area (Å²) in [5.41, 5.74) is 0.396. The molecule has 0 bridgehead atoms. The van der Waals surface area contributed by atoms with Gasteiger partial charge in [0.25, 0.3) is 0 Å². The van der Waals surface area contributed by atoms with Gasteiger partial charge in [-0.25, -0.2) is 13.8 Å². The Kier molecular flexibility index (Phi) is 4.64. The number of carbonyl (C=O) groups excluding carboxylic acids is 1. The fourth-order valence-electron chi connectivity index (χ4n) is 1.98. The highest BCUT2D eigenvalue weighted by atomic mass is 19.2. The van der Waals surface area contributed by atoms with E-state index in [0.717, 1.165) is 12.1 Å². The van der Waals surface area contributed by atoms with Crippen molar-refractivity contribution in [1.29, 1.82) is 0 Å². The van der Waals surface area contributed by atoms with Gasteiger partial charge in [0, 0.05) is 26.6 Å². The number of rotatable bonds is 5. The summed E-state index contributed by atoms with van der Waals surface area (Å²) in [6, 6.07) is 2.78. The van der Waals surface area contributed by atoms with Crippen LogP contribution in [0.4, 0.5) is 8.78 Å². The molecular weight excluding hydrogens is 280 g/mol. The minimum atomic E-state index is -0.979. The fraction of sp³-hybridized carbons (Fsp3) is 0.286. The van der Waals surface area contributed by atoms with E-state index in [0.29, 0.717) is 11.4 Å². The summed E-state index contributed by atoms with van der Waals surface area (Å²) >= 11 is 0. The van der Waals surface area contributed by atoms with Gasteiger partial charge in [-0.1, -0.05) is 6.07 Å². The number of imidazole rings is 1. The van der Waals surface area contributed by atoms with E-state index < -0.39 is 17.7 Å². The molecule has 0 spiro atoms. The third kappa shape index (κ3) is 3.43. The predicted octanol–water partition coefficient (Wildman–Crippen LogP) is 1.55. The van der Waals surface area contributed by atoms with Crippen molar-refractivity contribution in [2.45, 2.75) is 6.04 Å². The lowest BCUT2D eigenvalue weighted by Crippen LogP contribution is -2.33. The summed E-state index contributed by atoms with van der Waals surface area (Å²) in [6.07, 6.45) is 3.26. The Hall–Kier alpha value is -2.28. The van der Waals surface area contributed by atoms with Gasteiger partial charge < -0.3 is 14.6 Å². The summed E-state index contributed by atoms with van der Waals surface area (Å²) in [7, 11) is 3.14. The van der Waals surface area contributed by atoms with Gasteiger partial charge in [0.2, 0.25) is 5.91 Å². The minimum absolute atomic E-state index is 0.134. The minimum Gasteiger partial charge on any atom is -0.375 e. The van der Waals surface area contributed by atoms with Crippen molar-refractivity contribution in [2.24, 2.45) is 7.05 Å². The number of amides is 1. The molecule has 2 rings (SSSR count). The Morgan fingerprint density at radius 3 is 2.76 bits per heavy atom. The van der Waals surface area contributed by atoms with Crippen LogP contribution in [0.1, 0.15) is 17.4 Å². The summed E-state index contributed by atoms with van der Waals surface area (Å²) in [4.78, 5) is 15.9. The molecule has 1 aromatic carbocycles. The molecule has 0 saturated carbocycles. The van der Waals surface area contributed by atoms with Gasteiger partial charge in [0.1, 0.15) is 18.5 Å². The van der Waals surface area contributed by atoms with Crippen LogP contribution in [0.25, 0.3) is 0 Å². The second kappa shape index (κ2) is 6.45. The van der Waals surface area contributed by atoms with Crippen molar-refractivity contribution < 1.29 is 18.3 Å². The normalized spacial score (nSPS) is 12.2. The monoisotopic (exact) mass is 295 g/mol. The summed E-state index contributed by atoms with van der Waals surface area (Å²) in [5, 5.41) is 2.69. The molecule has 7 heteroatoms. The topological polar surface area (TPSA) is 56.1 Å². The molecule has 2 aromatic rings. The van der Waals surface area contributed by atoms with Gasteiger partial charge in [-0.3, -0.25) is 4.79 Å².